The van der Waals surface area contributed by atoms with E-state index in [1.807, 2.05) is 28.8 Å². The maximum absolute atomic E-state index is 6.17. The van der Waals surface area contributed by atoms with Crippen LogP contribution in [-0.2, 0) is 11.2 Å². The lowest BCUT2D eigenvalue weighted by molar-refractivity contribution is -0.0191. The first-order valence-corrected chi connectivity index (χ1v) is 10.6. The van der Waals surface area contributed by atoms with Crippen molar-refractivity contribution in [2.24, 2.45) is 17.8 Å². The highest BCUT2D eigenvalue weighted by molar-refractivity contribution is 7.98. The number of hydrogen-bond acceptors (Lipinski definition) is 5. The summed E-state index contributed by atoms with van der Waals surface area (Å²) in [5.41, 5.74) is 2.20. The van der Waals surface area contributed by atoms with Crippen LogP contribution in [0.4, 0.5) is 0 Å². The molecule has 4 aliphatic rings. The molecule has 4 bridgehead atoms. The summed E-state index contributed by atoms with van der Waals surface area (Å²) >= 11 is 1.60. The molecule has 7 rings (SSSR count). The lowest BCUT2D eigenvalue weighted by atomic mass is 9.49. The summed E-state index contributed by atoms with van der Waals surface area (Å²) in [5, 5.41) is 9.54. The fraction of sp³-hybridized carbons (Fsp3) is 0.550. The largest absolute Gasteiger partial charge is 0.415 e. The zero-order chi connectivity index (χ0) is 17.1. The van der Waals surface area contributed by atoms with E-state index in [1.165, 1.54) is 38.5 Å². The third kappa shape index (κ3) is 2.42. The molecule has 3 aromatic heterocycles. The zero-order valence-corrected chi connectivity index (χ0v) is 15.5. The van der Waals surface area contributed by atoms with Gasteiger partial charge in [-0.2, -0.15) is 0 Å². The second-order valence-corrected chi connectivity index (χ2v) is 9.48. The normalized spacial score (nSPS) is 32.5. The topological polar surface area (TPSA) is 56.2 Å². The second kappa shape index (κ2) is 5.59. The molecule has 6 heteroatoms. The Morgan fingerprint density at radius 2 is 1.85 bits per heavy atom. The van der Waals surface area contributed by atoms with Crippen LogP contribution < -0.4 is 0 Å². The molecule has 0 aliphatic heterocycles. The van der Waals surface area contributed by atoms with Gasteiger partial charge in [-0.25, -0.2) is 4.98 Å². The number of fused-ring (bicyclic) bond motifs is 1. The summed E-state index contributed by atoms with van der Waals surface area (Å²) in [6, 6.07) is 6.04. The number of imidazole rings is 1. The van der Waals surface area contributed by atoms with Crippen LogP contribution in [0.2, 0.25) is 0 Å². The number of rotatable bonds is 4. The van der Waals surface area contributed by atoms with Crippen LogP contribution >= 0.6 is 11.8 Å². The molecule has 0 unspecified atom stereocenters. The van der Waals surface area contributed by atoms with Crippen LogP contribution in [0.1, 0.15) is 50.1 Å². The van der Waals surface area contributed by atoms with Crippen LogP contribution in [0.5, 0.6) is 0 Å². The smallest absolute Gasteiger partial charge is 0.276 e. The maximum Gasteiger partial charge on any atom is 0.276 e. The van der Waals surface area contributed by atoms with E-state index in [9.17, 15) is 0 Å². The molecule has 26 heavy (non-hydrogen) atoms. The molecule has 3 aromatic rings. The quantitative estimate of drug-likeness (QED) is 0.637. The molecular weight excluding hydrogens is 344 g/mol. The molecule has 0 aromatic carbocycles. The second-order valence-electron chi connectivity index (χ2n) is 8.56. The summed E-state index contributed by atoms with van der Waals surface area (Å²) in [4.78, 5) is 4.64. The maximum atomic E-state index is 6.17. The lowest BCUT2D eigenvalue weighted by Crippen LogP contribution is -2.48. The Bertz CT molecular complexity index is 893. The van der Waals surface area contributed by atoms with Gasteiger partial charge in [0, 0.05) is 23.6 Å². The molecule has 0 amide bonds. The predicted molar refractivity (Wildman–Crippen MR) is 98.9 cm³/mol. The monoisotopic (exact) mass is 366 g/mol. The van der Waals surface area contributed by atoms with Crippen LogP contribution in [0, 0.1) is 17.8 Å². The van der Waals surface area contributed by atoms with Gasteiger partial charge in [-0.15, -0.1) is 10.2 Å². The average molecular weight is 366 g/mol. The molecule has 0 spiro atoms. The molecule has 4 aliphatic carbocycles. The van der Waals surface area contributed by atoms with Crippen molar-refractivity contribution in [3.05, 3.63) is 42.2 Å². The first-order valence-electron chi connectivity index (χ1n) is 9.65. The van der Waals surface area contributed by atoms with Gasteiger partial charge < -0.3 is 8.82 Å². The van der Waals surface area contributed by atoms with Crippen LogP contribution in [-0.4, -0.2) is 19.6 Å². The molecule has 134 valence electrons. The van der Waals surface area contributed by atoms with E-state index in [0.717, 1.165) is 40.7 Å². The van der Waals surface area contributed by atoms with Gasteiger partial charge in [0.1, 0.15) is 5.65 Å². The van der Waals surface area contributed by atoms with Crippen molar-refractivity contribution >= 4 is 17.4 Å². The highest BCUT2D eigenvalue weighted by atomic mass is 32.2. The summed E-state index contributed by atoms with van der Waals surface area (Å²) < 4.78 is 8.22. The average Bonchev–Trinajstić information content (AvgIpc) is 3.26. The van der Waals surface area contributed by atoms with Gasteiger partial charge >= 0.3 is 0 Å². The van der Waals surface area contributed by atoms with Crippen molar-refractivity contribution in [3.63, 3.8) is 0 Å². The van der Waals surface area contributed by atoms with Crippen LogP contribution in [0.15, 0.2) is 40.2 Å². The van der Waals surface area contributed by atoms with Gasteiger partial charge in [-0.3, -0.25) is 0 Å². The van der Waals surface area contributed by atoms with E-state index in [0.29, 0.717) is 5.22 Å². The van der Waals surface area contributed by atoms with Gasteiger partial charge in [0.05, 0.1) is 5.69 Å². The molecule has 0 N–H and O–H groups in total. The number of thioether (sulfide) groups is 1. The number of aromatic nitrogens is 4. The van der Waals surface area contributed by atoms with Gasteiger partial charge in [0.2, 0.25) is 5.89 Å². The van der Waals surface area contributed by atoms with Crippen LogP contribution in [0.3, 0.4) is 0 Å². The number of nitrogens with zero attached hydrogens (tertiary/aromatic N) is 4. The van der Waals surface area contributed by atoms with Crippen molar-refractivity contribution in [1.82, 2.24) is 19.6 Å². The molecule has 0 atom stereocenters. The van der Waals surface area contributed by atoms with Crippen molar-refractivity contribution in [1.29, 1.82) is 0 Å². The number of hydrogen-bond donors (Lipinski definition) is 0. The summed E-state index contributed by atoms with van der Waals surface area (Å²) in [6.45, 7) is 0. The Balaban J connectivity index is 1.20. The van der Waals surface area contributed by atoms with Crippen molar-refractivity contribution in [2.75, 3.05) is 0 Å². The Hall–Kier alpha value is -1.82. The highest BCUT2D eigenvalue weighted by Gasteiger charge is 2.54. The lowest BCUT2D eigenvalue weighted by Gasteiger charge is -2.55. The van der Waals surface area contributed by atoms with E-state index < -0.39 is 0 Å². The molecule has 4 saturated carbocycles. The summed E-state index contributed by atoms with van der Waals surface area (Å²) in [7, 11) is 0. The molecular formula is C20H22N4OS. The van der Waals surface area contributed by atoms with E-state index in [1.54, 1.807) is 11.8 Å². The van der Waals surface area contributed by atoms with E-state index in [4.69, 9.17) is 4.42 Å². The minimum absolute atomic E-state index is 0.184. The van der Waals surface area contributed by atoms with Crippen molar-refractivity contribution in [3.8, 4) is 0 Å². The SMILES string of the molecule is c1ccn2cc(CSc3nnc(C45CC6CC(CC(C6)C4)C5)o3)nc2c1. The zero-order valence-electron chi connectivity index (χ0n) is 14.7. The highest BCUT2D eigenvalue weighted by Crippen LogP contribution is 2.60. The van der Waals surface area contributed by atoms with Crippen molar-refractivity contribution < 1.29 is 4.42 Å². The third-order valence-electron chi connectivity index (χ3n) is 6.66. The first-order chi connectivity index (χ1) is 12.8. The Morgan fingerprint density at radius 3 is 2.58 bits per heavy atom. The van der Waals surface area contributed by atoms with E-state index in [2.05, 4.69) is 21.4 Å². The Morgan fingerprint density at radius 1 is 1.08 bits per heavy atom. The molecule has 4 fully saturated rings. The minimum Gasteiger partial charge on any atom is -0.415 e. The van der Waals surface area contributed by atoms with Crippen molar-refractivity contribution in [2.45, 2.75) is 54.9 Å². The molecule has 0 saturated heterocycles. The van der Waals surface area contributed by atoms with E-state index in [-0.39, 0.29) is 5.41 Å². The third-order valence-corrected chi connectivity index (χ3v) is 7.51. The number of pyridine rings is 1. The van der Waals surface area contributed by atoms with Gasteiger partial charge in [0.25, 0.3) is 5.22 Å². The first kappa shape index (κ1) is 15.3. The standard InChI is InChI=1S/C20H22N4OS/c1-2-4-24-11-16(21-17(24)3-1)12-26-19-23-22-18(25-19)20-8-13-5-14(9-20)7-15(6-13)10-20/h1-4,11,13-15H,5-10,12H2. The molecule has 5 nitrogen and oxygen atoms in total. The van der Waals surface area contributed by atoms with Crippen LogP contribution in [0.25, 0.3) is 5.65 Å². The molecule has 3 heterocycles. The van der Waals surface area contributed by atoms with Gasteiger partial charge in [0.15, 0.2) is 0 Å². The summed E-state index contributed by atoms with van der Waals surface area (Å²) in [5.74, 6) is 4.34. The minimum atomic E-state index is 0.184. The summed E-state index contributed by atoms with van der Waals surface area (Å²) in [6.07, 6.45) is 12.2. The fourth-order valence-electron chi connectivity index (χ4n) is 6.05. The predicted octanol–water partition coefficient (Wildman–Crippen LogP) is 4.48. The Labute approximate surface area is 156 Å². The molecule has 0 radical (unpaired) electrons. The fourth-order valence-corrected chi connectivity index (χ4v) is 6.69. The van der Waals surface area contributed by atoms with Gasteiger partial charge in [-0.1, -0.05) is 17.8 Å². The van der Waals surface area contributed by atoms with E-state index >= 15 is 0 Å². The van der Waals surface area contributed by atoms with Gasteiger partial charge in [-0.05, 0) is 68.4 Å². The Kier molecular flexibility index (Phi) is 3.28.